The quantitative estimate of drug-likeness (QED) is 0.832. The van der Waals surface area contributed by atoms with E-state index in [0.717, 1.165) is 25.4 Å². The monoisotopic (exact) mass is 311 g/mol. The summed E-state index contributed by atoms with van der Waals surface area (Å²) in [5.74, 6) is 0.937. The summed E-state index contributed by atoms with van der Waals surface area (Å²) in [6, 6.07) is 0. The van der Waals surface area contributed by atoms with Gasteiger partial charge in [0.05, 0.1) is 23.1 Å². The zero-order valence-corrected chi connectivity index (χ0v) is 13.5. The van der Waals surface area contributed by atoms with Gasteiger partial charge in [-0.1, -0.05) is 12.1 Å². The molecule has 0 aromatic carbocycles. The van der Waals surface area contributed by atoms with Crippen molar-refractivity contribution in [2.45, 2.75) is 33.6 Å². The van der Waals surface area contributed by atoms with Gasteiger partial charge in [0, 0.05) is 13.2 Å². The molecular weight excluding hydrogens is 290 g/mol. The molecule has 1 aromatic heterocycles. The molecule has 1 aliphatic carbocycles. The summed E-state index contributed by atoms with van der Waals surface area (Å²) in [5, 5.41) is 3.56. The smallest absolute Gasteiger partial charge is 0.204 e. The lowest BCUT2D eigenvalue weighted by Gasteiger charge is -2.01. The van der Waals surface area contributed by atoms with Gasteiger partial charge in [-0.2, -0.15) is 0 Å². The molecule has 1 heterocycles. The van der Waals surface area contributed by atoms with Crippen LogP contribution in [0.5, 0.6) is 0 Å². The molecule has 0 aliphatic heterocycles. The molecule has 0 saturated heterocycles. The van der Waals surface area contributed by atoms with Gasteiger partial charge in [-0.05, 0) is 32.1 Å². The van der Waals surface area contributed by atoms with Crippen molar-refractivity contribution < 1.29 is 18.8 Å². The molecule has 0 amide bonds. The molecule has 0 unspecified atom stereocenters. The fraction of sp³-hybridized carbons (Fsp3) is 0.533. The number of nitrogens with zero attached hydrogens (tertiary/aromatic N) is 1. The van der Waals surface area contributed by atoms with Crippen molar-refractivity contribution in [2.75, 3.05) is 19.0 Å². The van der Waals surface area contributed by atoms with Crippen LogP contribution in [-0.2, 0) is 16.0 Å². The summed E-state index contributed by atoms with van der Waals surface area (Å²) in [7, 11) is 0. The van der Waals surface area contributed by atoms with Crippen LogP contribution in [0.4, 0.5) is 0 Å². The molecule has 0 radical (unpaired) electrons. The number of aromatic nitrogens is 1. The predicted molar refractivity (Wildman–Crippen MR) is 82.5 cm³/mol. The summed E-state index contributed by atoms with van der Waals surface area (Å²) in [6.45, 7) is 7.70. The molecule has 0 atom stereocenters. The third-order valence-corrected chi connectivity index (χ3v) is 3.84. The van der Waals surface area contributed by atoms with Crippen molar-refractivity contribution in [2.24, 2.45) is 0 Å². The fourth-order valence-electron chi connectivity index (χ4n) is 1.65. The van der Waals surface area contributed by atoms with Crippen molar-refractivity contribution in [3.05, 3.63) is 28.5 Å². The third-order valence-electron chi connectivity index (χ3n) is 2.61. The number of hydrogen-bond donors (Lipinski definition) is 0. The van der Waals surface area contributed by atoms with Crippen LogP contribution in [0.2, 0.25) is 0 Å². The van der Waals surface area contributed by atoms with Crippen molar-refractivity contribution >= 4 is 23.3 Å². The minimum absolute atomic E-state index is 0.109. The maximum absolute atomic E-state index is 12.0. The average molecular weight is 311 g/mol. The van der Waals surface area contributed by atoms with Crippen LogP contribution in [0.25, 0.3) is 0 Å². The van der Waals surface area contributed by atoms with Gasteiger partial charge in [0.1, 0.15) is 0 Å². The highest BCUT2D eigenvalue weighted by molar-refractivity contribution is 8.04. The first-order valence-corrected chi connectivity index (χ1v) is 8.05. The summed E-state index contributed by atoms with van der Waals surface area (Å²) in [6.07, 6.45) is 3.88. The van der Waals surface area contributed by atoms with E-state index in [9.17, 15) is 9.59 Å². The van der Waals surface area contributed by atoms with Gasteiger partial charge < -0.3 is 9.26 Å². The largest absolute Gasteiger partial charge is 0.382 e. The highest BCUT2D eigenvalue weighted by atomic mass is 32.2. The number of fused-ring (bicyclic) bond motifs is 1. The van der Waals surface area contributed by atoms with Gasteiger partial charge in [0.25, 0.3) is 0 Å². The number of thioether (sulfide) groups is 1. The Balaban J connectivity index is 0.000000383. The van der Waals surface area contributed by atoms with E-state index in [1.807, 2.05) is 20.8 Å². The number of allylic oxidation sites excluding steroid dienone is 2. The Morgan fingerprint density at radius 3 is 2.57 bits per heavy atom. The van der Waals surface area contributed by atoms with E-state index in [1.54, 1.807) is 0 Å². The number of carbonyl (C=O) groups excluding carboxylic acids is 2. The normalized spacial score (nSPS) is 14.0. The zero-order valence-electron chi connectivity index (χ0n) is 12.7. The lowest BCUT2D eigenvalue weighted by atomic mass is 10.1. The van der Waals surface area contributed by atoms with Crippen molar-refractivity contribution in [3.8, 4) is 0 Å². The van der Waals surface area contributed by atoms with Crippen LogP contribution in [0.3, 0.4) is 0 Å². The molecular formula is C15H21NO4S. The number of Topliss-reactive ketones (excluding diaryl/α,β-unsaturated/α-hetero) is 1. The second kappa shape index (κ2) is 9.52. The lowest BCUT2D eigenvalue weighted by molar-refractivity contribution is -0.114. The van der Waals surface area contributed by atoms with E-state index in [-0.39, 0.29) is 18.0 Å². The van der Waals surface area contributed by atoms with E-state index in [1.165, 1.54) is 24.0 Å². The van der Waals surface area contributed by atoms with Gasteiger partial charge in [-0.3, -0.25) is 9.59 Å². The Hall–Kier alpha value is -1.40. The number of ketones is 2. The Morgan fingerprint density at radius 1 is 1.29 bits per heavy atom. The standard InChI is InChI=1S/C11H11NO3S.C4H10O/c1-2-3-16-10-5-7(13)4-9-8(11(10)14)6-12-15-9;1-3-5-4-2/h5-6H,2-4H2,1H3;3-4H2,1-2H3. The molecule has 116 valence electrons. The minimum atomic E-state index is -0.152. The molecule has 0 fully saturated rings. The van der Waals surface area contributed by atoms with Crippen LogP contribution in [0, 0.1) is 0 Å². The molecule has 0 bridgehead atoms. The first-order valence-electron chi connectivity index (χ1n) is 7.07. The van der Waals surface area contributed by atoms with Crippen LogP contribution in [0.15, 0.2) is 21.7 Å². The van der Waals surface area contributed by atoms with Crippen molar-refractivity contribution in [3.63, 3.8) is 0 Å². The Bertz CT molecular complexity index is 506. The van der Waals surface area contributed by atoms with Gasteiger partial charge in [-0.25, -0.2) is 0 Å². The maximum atomic E-state index is 12.0. The topological polar surface area (TPSA) is 69.4 Å². The van der Waals surface area contributed by atoms with E-state index in [2.05, 4.69) is 5.16 Å². The second-order valence-electron chi connectivity index (χ2n) is 4.27. The van der Waals surface area contributed by atoms with Gasteiger partial charge in [0.2, 0.25) is 5.78 Å². The summed E-state index contributed by atoms with van der Waals surface area (Å²) < 4.78 is 9.73. The number of carbonyl (C=O) groups is 2. The van der Waals surface area contributed by atoms with E-state index >= 15 is 0 Å². The molecule has 0 saturated carbocycles. The minimum Gasteiger partial charge on any atom is -0.382 e. The molecule has 1 aliphatic rings. The Kier molecular flexibility index (Phi) is 8.00. The SMILES string of the molecule is CCCSC1=CC(=O)Cc2oncc2C1=O.CCOCC. The van der Waals surface area contributed by atoms with Gasteiger partial charge in [-0.15, -0.1) is 11.8 Å². The molecule has 0 spiro atoms. The number of hydrogen-bond acceptors (Lipinski definition) is 6. The van der Waals surface area contributed by atoms with E-state index in [4.69, 9.17) is 9.26 Å². The Labute approximate surface area is 129 Å². The molecule has 21 heavy (non-hydrogen) atoms. The number of rotatable bonds is 5. The van der Waals surface area contributed by atoms with Crippen LogP contribution in [-0.4, -0.2) is 35.7 Å². The molecule has 1 aromatic rings. The predicted octanol–water partition coefficient (Wildman–Crippen LogP) is 3.05. The highest BCUT2D eigenvalue weighted by Gasteiger charge is 2.25. The summed E-state index contributed by atoms with van der Waals surface area (Å²) in [5.41, 5.74) is 0.417. The van der Waals surface area contributed by atoms with Gasteiger partial charge >= 0.3 is 0 Å². The molecule has 6 heteroatoms. The lowest BCUT2D eigenvalue weighted by Crippen LogP contribution is -2.00. The van der Waals surface area contributed by atoms with Gasteiger partial charge in [0.15, 0.2) is 11.5 Å². The summed E-state index contributed by atoms with van der Waals surface area (Å²) in [4.78, 5) is 24.0. The van der Waals surface area contributed by atoms with Crippen LogP contribution >= 0.6 is 11.8 Å². The third kappa shape index (κ3) is 5.47. The van der Waals surface area contributed by atoms with Crippen LogP contribution < -0.4 is 0 Å². The van der Waals surface area contributed by atoms with Crippen molar-refractivity contribution in [1.82, 2.24) is 5.16 Å². The molecule has 5 nitrogen and oxygen atoms in total. The van der Waals surface area contributed by atoms with Crippen LogP contribution in [0.1, 0.15) is 43.3 Å². The van der Waals surface area contributed by atoms with E-state index < -0.39 is 0 Å². The first-order chi connectivity index (χ1) is 10.1. The number of ether oxygens (including phenoxy) is 1. The second-order valence-corrected chi connectivity index (χ2v) is 5.41. The zero-order chi connectivity index (χ0) is 15.7. The highest BCUT2D eigenvalue weighted by Crippen LogP contribution is 2.26. The Morgan fingerprint density at radius 2 is 2.00 bits per heavy atom. The average Bonchev–Trinajstić information content (AvgIpc) is 2.88. The van der Waals surface area contributed by atoms with Crippen molar-refractivity contribution in [1.29, 1.82) is 0 Å². The first kappa shape index (κ1) is 17.7. The fourth-order valence-corrected chi connectivity index (χ4v) is 2.53. The van der Waals surface area contributed by atoms with E-state index in [0.29, 0.717) is 16.2 Å². The maximum Gasteiger partial charge on any atom is 0.204 e. The summed E-state index contributed by atoms with van der Waals surface area (Å²) >= 11 is 1.41. The molecule has 2 rings (SSSR count). The molecule has 0 N–H and O–H groups in total.